The highest BCUT2D eigenvalue weighted by Gasteiger charge is 2.30. The maximum atomic E-state index is 12.7. The molecular formula is C18H22N4O2. The summed E-state index contributed by atoms with van der Waals surface area (Å²) in [5.41, 5.74) is 2.50. The molecule has 0 spiro atoms. The van der Waals surface area contributed by atoms with E-state index >= 15 is 0 Å². The van der Waals surface area contributed by atoms with Gasteiger partial charge in [0, 0.05) is 43.5 Å². The Morgan fingerprint density at radius 2 is 2.12 bits per heavy atom. The minimum atomic E-state index is -0.0772. The average Bonchev–Trinajstić information content (AvgIpc) is 3.31. The molecule has 0 saturated heterocycles. The van der Waals surface area contributed by atoms with E-state index in [9.17, 15) is 4.79 Å². The molecule has 0 radical (unpaired) electrons. The summed E-state index contributed by atoms with van der Waals surface area (Å²) < 4.78 is 5.05. The molecule has 1 amide bonds. The van der Waals surface area contributed by atoms with Crippen LogP contribution in [0.25, 0.3) is 0 Å². The lowest BCUT2D eigenvalue weighted by Crippen LogP contribution is -2.36. The lowest BCUT2D eigenvalue weighted by atomic mass is 10.2. The molecular weight excluding hydrogens is 304 g/mol. The number of amides is 1. The quantitative estimate of drug-likeness (QED) is 0.867. The Hall–Kier alpha value is -2.37. The Morgan fingerprint density at radius 1 is 1.29 bits per heavy atom. The predicted octanol–water partition coefficient (Wildman–Crippen LogP) is 2.56. The molecule has 0 aromatic carbocycles. The van der Waals surface area contributed by atoms with E-state index in [0.29, 0.717) is 24.5 Å². The molecule has 1 aliphatic carbocycles. The van der Waals surface area contributed by atoms with Gasteiger partial charge in [-0.25, -0.2) is 4.98 Å². The van der Waals surface area contributed by atoms with E-state index in [1.54, 1.807) is 13.0 Å². The largest absolute Gasteiger partial charge is 0.361 e. The van der Waals surface area contributed by atoms with Gasteiger partial charge < -0.3 is 14.3 Å². The summed E-state index contributed by atoms with van der Waals surface area (Å²) in [7, 11) is 0. The van der Waals surface area contributed by atoms with Crippen molar-refractivity contribution in [2.45, 2.75) is 33.2 Å². The highest BCUT2D eigenvalue weighted by Crippen LogP contribution is 2.33. The first-order valence-corrected chi connectivity index (χ1v) is 8.54. The van der Waals surface area contributed by atoms with Gasteiger partial charge in [0.15, 0.2) is 5.69 Å². The van der Waals surface area contributed by atoms with Crippen molar-refractivity contribution < 1.29 is 9.32 Å². The van der Waals surface area contributed by atoms with Crippen LogP contribution in [0.2, 0.25) is 0 Å². The number of aryl methyl sites for hydroxylation is 2. The number of aromatic nitrogens is 2. The van der Waals surface area contributed by atoms with Crippen molar-refractivity contribution in [3.05, 3.63) is 40.9 Å². The van der Waals surface area contributed by atoms with Gasteiger partial charge >= 0.3 is 0 Å². The van der Waals surface area contributed by atoms with Crippen LogP contribution in [0, 0.1) is 19.8 Å². The number of anilines is 1. The van der Waals surface area contributed by atoms with Crippen molar-refractivity contribution in [2.75, 3.05) is 24.5 Å². The van der Waals surface area contributed by atoms with E-state index in [2.05, 4.69) is 16.1 Å². The Bertz CT molecular complexity index is 766. The van der Waals surface area contributed by atoms with Gasteiger partial charge in [-0.1, -0.05) is 11.2 Å². The van der Waals surface area contributed by atoms with Crippen molar-refractivity contribution in [3.63, 3.8) is 0 Å². The highest BCUT2D eigenvalue weighted by molar-refractivity contribution is 5.92. The molecule has 24 heavy (non-hydrogen) atoms. The zero-order chi connectivity index (χ0) is 16.7. The van der Waals surface area contributed by atoms with Crippen molar-refractivity contribution in [2.24, 2.45) is 5.92 Å². The molecule has 6 heteroatoms. The van der Waals surface area contributed by atoms with E-state index < -0.39 is 0 Å². The Balaban J connectivity index is 1.61. The number of fused-ring (bicyclic) bond motifs is 1. The maximum absolute atomic E-state index is 12.7. The monoisotopic (exact) mass is 326 g/mol. The first kappa shape index (κ1) is 15.2. The molecule has 2 aromatic rings. The molecule has 2 aromatic heterocycles. The maximum Gasteiger partial charge on any atom is 0.276 e. The zero-order valence-corrected chi connectivity index (χ0v) is 14.2. The van der Waals surface area contributed by atoms with Crippen LogP contribution in [-0.2, 0) is 6.54 Å². The van der Waals surface area contributed by atoms with Gasteiger partial charge in [0.25, 0.3) is 5.91 Å². The number of carbonyl (C=O) groups is 1. The van der Waals surface area contributed by atoms with Gasteiger partial charge in [-0.2, -0.15) is 0 Å². The van der Waals surface area contributed by atoms with Crippen molar-refractivity contribution in [1.82, 2.24) is 15.0 Å². The van der Waals surface area contributed by atoms with Crippen molar-refractivity contribution >= 4 is 11.7 Å². The smallest absolute Gasteiger partial charge is 0.276 e. The second kappa shape index (κ2) is 5.92. The lowest BCUT2D eigenvalue weighted by Gasteiger charge is -2.23. The van der Waals surface area contributed by atoms with Gasteiger partial charge in [-0.15, -0.1) is 0 Å². The molecule has 1 saturated carbocycles. The minimum absolute atomic E-state index is 0.0772. The first-order valence-electron chi connectivity index (χ1n) is 8.54. The Kier molecular flexibility index (Phi) is 3.75. The van der Waals surface area contributed by atoms with E-state index in [1.807, 2.05) is 17.9 Å². The average molecular weight is 326 g/mol. The first-order chi connectivity index (χ1) is 11.6. The topological polar surface area (TPSA) is 62.5 Å². The van der Waals surface area contributed by atoms with Crippen LogP contribution in [-0.4, -0.2) is 40.6 Å². The molecule has 4 rings (SSSR count). The van der Waals surface area contributed by atoms with E-state index in [-0.39, 0.29) is 5.91 Å². The highest BCUT2D eigenvalue weighted by atomic mass is 16.5. The molecule has 126 valence electrons. The van der Waals surface area contributed by atoms with Gasteiger partial charge in [-0.05, 0) is 38.7 Å². The minimum Gasteiger partial charge on any atom is -0.361 e. The Labute approximate surface area is 141 Å². The molecule has 1 aliphatic heterocycles. The van der Waals surface area contributed by atoms with Crippen LogP contribution in [0.3, 0.4) is 0 Å². The van der Waals surface area contributed by atoms with Crippen LogP contribution in [0.1, 0.15) is 40.3 Å². The van der Waals surface area contributed by atoms with Crippen LogP contribution >= 0.6 is 0 Å². The number of pyridine rings is 1. The summed E-state index contributed by atoms with van der Waals surface area (Å²) in [4.78, 5) is 21.7. The van der Waals surface area contributed by atoms with Gasteiger partial charge in [-0.3, -0.25) is 4.79 Å². The lowest BCUT2D eigenvalue weighted by molar-refractivity contribution is 0.0741. The molecule has 1 fully saturated rings. The fourth-order valence-corrected chi connectivity index (χ4v) is 3.19. The standard InChI is InChI=1S/C18H22N4O2/c1-12-3-6-15-11-22(18(23)16-9-13(2)24-20-16)8-7-21(17(15)19-12)10-14-4-5-14/h3,6,9,14H,4-5,7-8,10-11H2,1-2H3. The summed E-state index contributed by atoms with van der Waals surface area (Å²) in [6, 6.07) is 5.81. The third-order valence-electron chi connectivity index (χ3n) is 4.71. The second-order valence-electron chi connectivity index (χ2n) is 6.87. The van der Waals surface area contributed by atoms with E-state index in [4.69, 9.17) is 9.51 Å². The summed E-state index contributed by atoms with van der Waals surface area (Å²) in [5.74, 6) is 2.39. The molecule has 0 bridgehead atoms. The fraction of sp³-hybridized carbons (Fsp3) is 0.500. The second-order valence-corrected chi connectivity index (χ2v) is 6.87. The predicted molar refractivity (Wildman–Crippen MR) is 89.9 cm³/mol. The summed E-state index contributed by atoms with van der Waals surface area (Å²) in [6.45, 7) is 6.89. The molecule has 2 aliphatic rings. The van der Waals surface area contributed by atoms with Gasteiger partial charge in [0.2, 0.25) is 0 Å². The Morgan fingerprint density at radius 3 is 2.83 bits per heavy atom. The summed E-state index contributed by atoms with van der Waals surface area (Å²) in [5, 5.41) is 3.87. The number of hydrogen-bond acceptors (Lipinski definition) is 5. The zero-order valence-electron chi connectivity index (χ0n) is 14.2. The number of rotatable bonds is 3. The SMILES string of the molecule is Cc1ccc2c(n1)N(CC1CC1)CCN(C(=O)c1cc(C)on1)C2. The molecule has 0 N–H and O–H groups in total. The van der Waals surface area contributed by atoms with E-state index in [0.717, 1.165) is 36.1 Å². The third kappa shape index (κ3) is 3.00. The fourth-order valence-electron chi connectivity index (χ4n) is 3.19. The summed E-state index contributed by atoms with van der Waals surface area (Å²) in [6.07, 6.45) is 2.61. The van der Waals surface area contributed by atoms with Crippen LogP contribution < -0.4 is 4.90 Å². The molecule has 6 nitrogen and oxygen atoms in total. The van der Waals surface area contributed by atoms with Crippen molar-refractivity contribution in [1.29, 1.82) is 0 Å². The van der Waals surface area contributed by atoms with Gasteiger partial charge in [0.1, 0.15) is 11.6 Å². The third-order valence-corrected chi connectivity index (χ3v) is 4.71. The van der Waals surface area contributed by atoms with Crippen LogP contribution in [0.15, 0.2) is 22.7 Å². The van der Waals surface area contributed by atoms with E-state index in [1.165, 1.54) is 12.8 Å². The number of nitrogens with zero attached hydrogens (tertiary/aromatic N) is 4. The normalized spacial score (nSPS) is 17.6. The van der Waals surface area contributed by atoms with Gasteiger partial charge in [0.05, 0.1) is 0 Å². The van der Waals surface area contributed by atoms with Crippen molar-refractivity contribution in [3.8, 4) is 0 Å². The molecule has 0 atom stereocenters. The molecule has 0 unspecified atom stereocenters. The number of hydrogen-bond donors (Lipinski definition) is 0. The van der Waals surface area contributed by atoms with Crippen LogP contribution in [0.5, 0.6) is 0 Å². The summed E-state index contributed by atoms with van der Waals surface area (Å²) >= 11 is 0. The number of carbonyl (C=O) groups excluding carboxylic acids is 1. The molecule has 3 heterocycles. The van der Waals surface area contributed by atoms with Crippen LogP contribution in [0.4, 0.5) is 5.82 Å².